The van der Waals surface area contributed by atoms with Crippen LogP contribution in [-0.4, -0.2) is 43.8 Å². The first-order valence-corrected chi connectivity index (χ1v) is 8.77. The van der Waals surface area contributed by atoms with E-state index in [0.29, 0.717) is 0 Å². The second kappa shape index (κ2) is 8.11. The minimum Gasteiger partial charge on any atom is -0.467 e. The zero-order valence-corrected chi connectivity index (χ0v) is 14.4. The maximum absolute atomic E-state index is 12.7. The van der Waals surface area contributed by atoms with E-state index in [9.17, 15) is 39.6 Å². The number of methoxy groups -OCH3 is 1. The van der Waals surface area contributed by atoms with E-state index in [1.165, 1.54) is 6.92 Å². The highest BCUT2D eigenvalue weighted by Crippen LogP contribution is 2.39. The molecule has 12 heteroatoms. The Morgan fingerprint density at radius 3 is 1.96 bits per heavy atom. The molecule has 4 nitrogen and oxygen atoms in total. The molecule has 0 bridgehead atoms. The average molecular weight is 407 g/mol. The number of carbonyl (C=O) groups is 1. The Balaban J connectivity index is 5.46. The van der Waals surface area contributed by atoms with Crippen LogP contribution in [0.15, 0.2) is 0 Å². The molecule has 0 aliphatic rings. The summed E-state index contributed by atoms with van der Waals surface area (Å²) in [6.07, 6.45) is -13.5. The van der Waals surface area contributed by atoms with Crippen molar-refractivity contribution in [3.05, 3.63) is 0 Å². The lowest BCUT2D eigenvalue weighted by Crippen LogP contribution is -2.45. The van der Waals surface area contributed by atoms with Crippen LogP contribution in [0.5, 0.6) is 0 Å². The summed E-state index contributed by atoms with van der Waals surface area (Å²) in [5.74, 6) is -5.08. The normalized spacial score (nSPS) is 17.2. The predicted molar refractivity (Wildman–Crippen MR) is 74.1 cm³/mol. The number of rotatable bonds is 8. The van der Waals surface area contributed by atoms with Gasteiger partial charge in [-0.3, -0.25) is 0 Å². The van der Waals surface area contributed by atoms with E-state index in [1.807, 2.05) is 0 Å². The van der Waals surface area contributed by atoms with Gasteiger partial charge in [0.25, 0.3) is 0 Å². The summed E-state index contributed by atoms with van der Waals surface area (Å²) in [5, 5.41) is 0. The van der Waals surface area contributed by atoms with Crippen LogP contribution >= 0.6 is 11.6 Å². The molecule has 0 saturated heterocycles. The minimum atomic E-state index is -4.91. The van der Waals surface area contributed by atoms with Crippen molar-refractivity contribution in [2.24, 2.45) is 5.92 Å². The molecule has 2 unspecified atom stereocenters. The van der Waals surface area contributed by atoms with Crippen molar-refractivity contribution in [2.75, 3.05) is 12.9 Å². The predicted octanol–water partition coefficient (Wildman–Crippen LogP) is 3.83. The maximum Gasteiger partial charge on any atom is 0.391 e. The van der Waals surface area contributed by atoms with Crippen LogP contribution in [0.1, 0.15) is 32.6 Å². The van der Waals surface area contributed by atoms with Gasteiger partial charge in [0, 0.05) is 0 Å². The van der Waals surface area contributed by atoms with Crippen LogP contribution in [0.3, 0.4) is 0 Å². The summed E-state index contributed by atoms with van der Waals surface area (Å²) >= 11 is 5.66. The summed E-state index contributed by atoms with van der Waals surface area (Å²) in [6, 6.07) is 0. The second-order valence-corrected chi connectivity index (χ2v) is 8.29. The molecule has 0 aromatic carbocycles. The number of esters is 1. The van der Waals surface area contributed by atoms with Gasteiger partial charge in [0.1, 0.15) is 0 Å². The lowest BCUT2D eigenvalue weighted by atomic mass is 9.98. The monoisotopic (exact) mass is 406 g/mol. The van der Waals surface area contributed by atoms with E-state index in [1.54, 1.807) is 0 Å². The number of halogens is 7. The molecular weight excluding hydrogens is 390 g/mol. The van der Waals surface area contributed by atoms with Gasteiger partial charge >= 0.3 is 18.3 Å². The van der Waals surface area contributed by atoms with Crippen LogP contribution < -0.4 is 0 Å². The number of sulfone groups is 1. The minimum absolute atomic E-state index is 0.403. The highest BCUT2D eigenvalue weighted by molar-refractivity contribution is 7.95. The quantitative estimate of drug-likeness (QED) is 0.349. The second-order valence-electron chi connectivity index (χ2n) is 5.09. The van der Waals surface area contributed by atoms with Crippen LogP contribution in [-0.2, 0) is 19.4 Å². The van der Waals surface area contributed by atoms with Gasteiger partial charge in [-0.1, -0.05) is 18.5 Å². The molecule has 0 spiro atoms. The molecule has 0 radical (unpaired) electrons. The van der Waals surface area contributed by atoms with Gasteiger partial charge in [-0.25, -0.2) is 13.2 Å². The third-order valence-electron chi connectivity index (χ3n) is 3.41. The summed E-state index contributed by atoms with van der Waals surface area (Å²) in [6.45, 7) is 1.20. The molecule has 0 N–H and O–H groups in total. The van der Waals surface area contributed by atoms with Gasteiger partial charge in [0.05, 0.1) is 25.2 Å². The van der Waals surface area contributed by atoms with Crippen molar-refractivity contribution >= 4 is 27.4 Å². The smallest absolute Gasteiger partial charge is 0.391 e. The van der Waals surface area contributed by atoms with Gasteiger partial charge < -0.3 is 4.74 Å². The molecule has 0 heterocycles. The molecule has 0 aliphatic carbocycles. The average Bonchev–Trinajstić information content (AvgIpc) is 2.42. The largest absolute Gasteiger partial charge is 0.467 e. The Morgan fingerprint density at radius 1 is 1.12 bits per heavy atom. The molecular formula is C12H17ClF6O4S. The lowest BCUT2D eigenvalue weighted by molar-refractivity contribution is -0.178. The molecule has 144 valence electrons. The summed E-state index contributed by atoms with van der Waals surface area (Å²) in [4.78, 5) is 11.7. The van der Waals surface area contributed by atoms with Crippen molar-refractivity contribution in [1.82, 2.24) is 0 Å². The highest BCUT2D eigenvalue weighted by Gasteiger charge is 2.52. The molecule has 0 saturated carbocycles. The van der Waals surface area contributed by atoms with Crippen LogP contribution in [0, 0.1) is 5.92 Å². The standard InChI is InChI=1S/C12H17ClF6O4S/c1-3-8(12(17,18)19)4-5-10(13,9(20)23-2)24(21,22)7-6-11(14,15)16/h8H,3-7H2,1-2H3. The van der Waals surface area contributed by atoms with Crippen LogP contribution in [0.2, 0.25) is 0 Å². The molecule has 0 aromatic rings. The van der Waals surface area contributed by atoms with Gasteiger partial charge in [0.15, 0.2) is 9.84 Å². The van der Waals surface area contributed by atoms with E-state index >= 15 is 0 Å². The zero-order chi connectivity index (χ0) is 19.4. The first kappa shape index (κ1) is 23.3. The van der Waals surface area contributed by atoms with E-state index < -0.39 is 69.7 Å². The maximum atomic E-state index is 12.7. The Hall–Kier alpha value is -0.710. The van der Waals surface area contributed by atoms with Crippen LogP contribution in [0.25, 0.3) is 0 Å². The number of ether oxygens (including phenoxy) is 1. The van der Waals surface area contributed by atoms with Gasteiger partial charge in [-0.15, -0.1) is 0 Å². The van der Waals surface area contributed by atoms with E-state index in [-0.39, 0.29) is 0 Å². The Morgan fingerprint density at radius 2 is 1.62 bits per heavy atom. The first-order valence-electron chi connectivity index (χ1n) is 6.73. The summed E-state index contributed by atoms with van der Waals surface area (Å²) < 4.78 is 100. The fraction of sp³-hybridized carbons (Fsp3) is 0.917. The Bertz CT molecular complexity index is 531. The first-order chi connectivity index (χ1) is 10.6. The van der Waals surface area contributed by atoms with Crippen molar-refractivity contribution < 1.29 is 44.3 Å². The van der Waals surface area contributed by atoms with E-state index in [4.69, 9.17) is 11.6 Å². The fourth-order valence-electron chi connectivity index (χ4n) is 1.91. The summed E-state index contributed by atoms with van der Waals surface area (Å²) in [5.41, 5.74) is 0. The zero-order valence-electron chi connectivity index (χ0n) is 12.8. The molecule has 2 atom stereocenters. The van der Waals surface area contributed by atoms with Crippen LogP contribution in [0.4, 0.5) is 26.3 Å². The van der Waals surface area contributed by atoms with Crippen molar-refractivity contribution in [2.45, 2.75) is 49.2 Å². The van der Waals surface area contributed by atoms with Crippen molar-refractivity contribution in [3.63, 3.8) is 0 Å². The number of hydrogen-bond donors (Lipinski definition) is 0. The van der Waals surface area contributed by atoms with Gasteiger partial charge in [0.2, 0.25) is 4.21 Å². The third-order valence-corrected chi connectivity index (χ3v) is 6.55. The van der Waals surface area contributed by atoms with E-state index in [2.05, 4.69) is 4.74 Å². The van der Waals surface area contributed by atoms with Crippen molar-refractivity contribution in [1.29, 1.82) is 0 Å². The van der Waals surface area contributed by atoms with E-state index in [0.717, 1.165) is 7.11 Å². The highest BCUT2D eigenvalue weighted by atomic mass is 35.5. The molecule has 0 fully saturated rings. The third kappa shape index (κ3) is 6.30. The molecule has 24 heavy (non-hydrogen) atoms. The van der Waals surface area contributed by atoms with Crippen molar-refractivity contribution in [3.8, 4) is 0 Å². The molecule has 0 aliphatic heterocycles. The van der Waals surface area contributed by atoms with Gasteiger partial charge in [-0.2, -0.15) is 26.3 Å². The Labute approximate surface area is 140 Å². The lowest BCUT2D eigenvalue weighted by Gasteiger charge is -2.27. The molecule has 0 rings (SSSR count). The summed E-state index contributed by atoms with van der Waals surface area (Å²) in [7, 11) is -4.18. The topological polar surface area (TPSA) is 60.4 Å². The Kier molecular flexibility index (Phi) is 7.87. The fourth-order valence-corrected chi connectivity index (χ4v) is 3.92. The number of hydrogen-bond acceptors (Lipinski definition) is 4. The number of carbonyl (C=O) groups excluding carboxylic acids is 1. The SMILES string of the molecule is CCC(CCC(Cl)(C(=O)OC)S(=O)(=O)CCC(F)(F)F)C(F)(F)F. The number of alkyl halides is 7. The molecule has 0 aromatic heterocycles. The van der Waals surface area contributed by atoms with Gasteiger partial charge in [-0.05, 0) is 19.3 Å². The molecule has 0 amide bonds.